The predicted octanol–water partition coefficient (Wildman–Crippen LogP) is 5.73. The number of fused-ring (bicyclic) bond motifs is 1. The number of ether oxygens (including phenoxy) is 1. The molecule has 30 heavy (non-hydrogen) atoms. The van der Waals surface area contributed by atoms with Gasteiger partial charge < -0.3 is 14.6 Å². The zero-order chi connectivity index (χ0) is 24.7. The molecule has 1 heterocycles. The first-order valence-electron chi connectivity index (χ1n) is 11.9. The Kier molecular flexibility index (Phi) is 4.53. The molecule has 0 fully saturated rings. The highest BCUT2D eigenvalue weighted by Crippen LogP contribution is 2.38. The van der Waals surface area contributed by atoms with E-state index in [4.69, 9.17) is 21.3 Å². The minimum Gasteiger partial charge on any atom is -0.502 e. The van der Waals surface area contributed by atoms with Gasteiger partial charge in [0, 0.05) is 19.9 Å². The lowest BCUT2D eigenvalue weighted by atomic mass is 10.0. The van der Waals surface area contributed by atoms with Crippen molar-refractivity contribution in [1.29, 1.82) is 0 Å². The van der Waals surface area contributed by atoms with Crippen LogP contribution in [0.1, 0.15) is 56.2 Å². The molecule has 0 aliphatic heterocycles. The summed E-state index contributed by atoms with van der Waals surface area (Å²) in [5.41, 5.74) is 2.17. The molecule has 1 N–H and O–H groups in total. The van der Waals surface area contributed by atoms with E-state index in [1.54, 1.807) is 50.2 Å². The predicted molar refractivity (Wildman–Crippen MR) is 117 cm³/mol. The third-order valence-corrected chi connectivity index (χ3v) is 4.73. The summed E-state index contributed by atoms with van der Waals surface area (Å²) in [6, 6.07) is 8.87. The summed E-state index contributed by atoms with van der Waals surface area (Å²) in [7, 11) is 0. The van der Waals surface area contributed by atoms with Crippen molar-refractivity contribution in [2.75, 3.05) is 6.54 Å². The smallest absolute Gasteiger partial charge is 0.256 e. The van der Waals surface area contributed by atoms with Crippen LogP contribution in [-0.4, -0.2) is 22.8 Å². The van der Waals surface area contributed by atoms with E-state index in [0.29, 0.717) is 34.5 Å². The quantitative estimate of drug-likeness (QED) is 0.508. The Morgan fingerprint density at radius 1 is 1.43 bits per heavy atom. The molecule has 0 spiro atoms. The molecule has 4 rings (SSSR count). The third kappa shape index (κ3) is 3.94. The van der Waals surface area contributed by atoms with Crippen molar-refractivity contribution in [2.45, 2.75) is 52.1 Å². The van der Waals surface area contributed by atoms with Gasteiger partial charge >= 0.3 is 0 Å². The van der Waals surface area contributed by atoms with Gasteiger partial charge in [-0.25, -0.2) is 4.85 Å². The Morgan fingerprint density at radius 3 is 3.07 bits per heavy atom. The maximum atomic E-state index is 8.88. The second-order valence-electron chi connectivity index (χ2n) is 7.21. The molecule has 3 aromatic rings. The Labute approximate surface area is 182 Å². The van der Waals surface area contributed by atoms with Gasteiger partial charge in [0.2, 0.25) is 11.5 Å². The summed E-state index contributed by atoms with van der Waals surface area (Å²) in [6.45, 7) is 13.2. The Morgan fingerprint density at radius 2 is 2.30 bits per heavy atom. The zero-order valence-corrected chi connectivity index (χ0v) is 17.2. The van der Waals surface area contributed by atoms with Crippen molar-refractivity contribution in [3.05, 3.63) is 58.9 Å². The standard InChI is InChI=1S/C24H26N4O2/c1-5-13-26-20-11-10-17-18(20)7-6-8-19(17)23-27-24(30-28-23)16-9-12-22(29-15(2)3)21(14-16)25-4/h6-9,12,14-15,20,26H,5,10-11,13H2,1-3H3/t20-/m0/s1/i10D2,15D,20D. The number of benzene rings is 2. The number of nitrogens with zero attached hydrogens (tertiary/aromatic N) is 3. The molecule has 1 atom stereocenters. The van der Waals surface area contributed by atoms with Crippen LogP contribution in [0.5, 0.6) is 5.75 Å². The molecule has 0 saturated carbocycles. The van der Waals surface area contributed by atoms with Crippen LogP contribution in [0.25, 0.3) is 27.7 Å². The summed E-state index contributed by atoms with van der Waals surface area (Å²) in [5.74, 6) is 0.681. The fourth-order valence-corrected chi connectivity index (χ4v) is 3.38. The van der Waals surface area contributed by atoms with Gasteiger partial charge in [-0.2, -0.15) is 4.98 Å². The monoisotopic (exact) mass is 406 g/mol. The second kappa shape index (κ2) is 8.68. The molecule has 1 aromatic heterocycles. The zero-order valence-electron chi connectivity index (χ0n) is 21.2. The molecule has 0 amide bonds. The average molecular weight is 407 g/mol. The van der Waals surface area contributed by atoms with Crippen LogP contribution in [-0.2, 0) is 6.37 Å². The van der Waals surface area contributed by atoms with Crippen molar-refractivity contribution < 1.29 is 14.7 Å². The van der Waals surface area contributed by atoms with Gasteiger partial charge in [-0.3, -0.25) is 0 Å². The molecule has 154 valence electrons. The van der Waals surface area contributed by atoms with Crippen LogP contribution in [0.3, 0.4) is 0 Å². The normalized spacial score (nSPS) is 21.7. The first kappa shape index (κ1) is 15.6. The molecule has 2 aromatic carbocycles. The van der Waals surface area contributed by atoms with E-state index >= 15 is 0 Å². The number of nitrogens with one attached hydrogen (secondary N) is 1. The highest BCUT2D eigenvalue weighted by atomic mass is 16.5. The van der Waals surface area contributed by atoms with Gasteiger partial charge in [0.25, 0.3) is 5.89 Å². The number of hydrogen-bond donors (Lipinski definition) is 1. The second-order valence-corrected chi connectivity index (χ2v) is 7.21. The van der Waals surface area contributed by atoms with Crippen LogP contribution in [0.2, 0.25) is 0 Å². The lowest BCUT2D eigenvalue weighted by Crippen LogP contribution is -2.19. The molecule has 1 aliphatic carbocycles. The lowest BCUT2D eigenvalue weighted by Gasteiger charge is -2.13. The minimum atomic E-state index is -1.74. The SMILES string of the molecule is [2H]C(C)(C)Oc1ccc(-c2nc(-c3cccc4c3C([2H])([2H])C[C@]4([2H])NCCC)no2)cc1[N+]#[C-]. The first-order valence-corrected chi connectivity index (χ1v) is 9.91. The lowest BCUT2D eigenvalue weighted by molar-refractivity contribution is 0.244. The van der Waals surface area contributed by atoms with Crippen molar-refractivity contribution in [2.24, 2.45) is 0 Å². The van der Waals surface area contributed by atoms with Crippen molar-refractivity contribution in [3.63, 3.8) is 0 Å². The van der Waals surface area contributed by atoms with Gasteiger partial charge in [-0.05, 0) is 68.9 Å². The first-order chi connectivity index (χ1) is 16.0. The average Bonchev–Trinajstić information content (AvgIpc) is 3.33. The summed E-state index contributed by atoms with van der Waals surface area (Å²) in [5, 5.41) is 7.25. The van der Waals surface area contributed by atoms with Gasteiger partial charge in [0.05, 0.1) is 15.4 Å². The third-order valence-electron chi connectivity index (χ3n) is 4.73. The Bertz CT molecular complexity index is 1260. The van der Waals surface area contributed by atoms with Gasteiger partial charge in [0.1, 0.15) is 5.75 Å². The molecular weight excluding hydrogens is 376 g/mol. The van der Waals surface area contributed by atoms with Gasteiger partial charge in [-0.1, -0.05) is 30.3 Å². The fraction of sp³-hybridized carbons (Fsp3) is 0.375. The molecule has 0 saturated heterocycles. The molecule has 1 aliphatic rings. The molecule has 0 radical (unpaired) electrons. The van der Waals surface area contributed by atoms with E-state index in [1.165, 1.54) is 0 Å². The highest BCUT2D eigenvalue weighted by molar-refractivity contribution is 5.70. The molecule has 0 bridgehead atoms. The molecule has 0 unspecified atom stereocenters. The minimum absolute atomic E-state index is 0.0147. The summed E-state index contributed by atoms with van der Waals surface area (Å²) >= 11 is 0. The summed E-state index contributed by atoms with van der Waals surface area (Å²) in [4.78, 5) is 7.96. The van der Waals surface area contributed by atoms with E-state index in [1.807, 2.05) is 6.92 Å². The van der Waals surface area contributed by atoms with Crippen LogP contribution in [0.15, 0.2) is 40.9 Å². The maximum absolute atomic E-state index is 8.88. The molecule has 6 nitrogen and oxygen atoms in total. The maximum Gasteiger partial charge on any atom is 0.256 e. The van der Waals surface area contributed by atoms with E-state index in [9.17, 15) is 0 Å². The van der Waals surface area contributed by atoms with E-state index < -0.39 is 18.5 Å². The van der Waals surface area contributed by atoms with Crippen molar-refractivity contribution in [1.82, 2.24) is 15.5 Å². The summed E-state index contributed by atoms with van der Waals surface area (Å²) < 4.78 is 45.0. The van der Waals surface area contributed by atoms with Crippen molar-refractivity contribution in [3.8, 4) is 28.6 Å². The molecular formula is C24H26N4O2. The van der Waals surface area contributed by atoms with Gasteiger partial charge in [-0.15, -0.1) is 0 Å². The van der Waals surface area contributed by atoms with E-state index in [2.05, 4.69) is 20.3 Å². The summed E-state index contributed by atoms with van der Waals surface area (Å²) in [6.07, 6.45) is -2.11. The fourth-order valence-electron chi connectivity index (χ4n) is 3.38. The van der Waals surface area contributed by atoms with E-state index in [0.717, 1.165) is 6.42 Å². The van der Waals surface area contributed by atoms with Crippen LogP contribution in [0.4, 0.5) is 5.69 Å². The van der Waals surface area contributed by atoms with Gasteiger partial charge in [0.15, 0.2) is 0 Å². The number of aromatic nitrogens is 2. The number of rotatable bonds is 7. The van der Waals surface area contributed by atoms with Crippen LogP contribution < -0.4 is 10.1 Å². The largest absolute Gasteiger partial charge is 0.502 e. The number of hydrogen-bond acceptors (Lipinski definition) is 5. The highest BCUT2D eigenvalue weighted by Gasteiger charge is 2.26. The topological polar surface area (TPSA) is 64.5 Å². The van der Waals surface area contributed by atoms with Crippen molar-refractivity contribution >= 4 is 5.69 Å². The van der Waals surface area contributed by atoms with E-state index in [-0.39, 0.29) is 23.8 Å². The Balaban J connectivity index is 1.73. The van der Waals surface area contributed by atoms with Crippen LogP contribution in [0, 0.1) is 6.57 Å². The Hall–Kier alpha value is -3.17. The van der Waals surface area contributed by atoms with Crippen LogP contribution >= 0.6 is 0 Å². The molecule has 6 heteroatoms.